The highest BCUT2D eigenvalue weighted by Crippen LogP contribution is 2.31. The highest BCUT2D eigenvalue weighted by Gasteiger charge is 2.42. The van der Waals surface area contributed by atoms with Gasteiger partial charge in [0.2, 0.25) is 5.60 Å². The van der Waals surface area contributed by atoms with Crippen LogP contribution in [0.15, 0.2) is 91.3 Å². The van der Waals surface area contributed by atoms with E-state index in [0.29, 0.717) is 13.1 Å². The van der Waals surface area contributed by atoms with Gasteiger partial charge in [-0.3, -0.25) is 0 Å². The predicted octanol–water partition coefficient (Wildman–Crippen LogP) is 3.89. The Hall–Kier alpha value is -3.84. The van der Waals surface area contributed by atoms with Crippen LogP contribution < -0.4 is 4.57 Å². The maximum Gasteiger partial charge on any atom is 0.347 e. The molecule has 1 aromatic heterocycles. The fourth-order valence-electron chi connectivity index (χ4n) is 3.85. The number of ether oxygens (including phenoxy) is 1. The van der Waals surface area contributed by atoms with Crippen molar-refractivity contribution in [2.24, 2.45) is 0 Å². The van der Waals surface area contributed by atoms with E-state index < -0.39 is 23.2 Å². The van der Waals surface area contributed by atoms with Crippen LogP contribution in [0.4, 0.5) is 8.78 Å². The molecule has 0 unspecified atom stereocenters. The Morgan fingerprint density at radius 1 is 0.941 bits per heavy atom. The fraction of sp³-hybridized carbons (Fsp3) is 0.185. The highest BCUT2D eigenvalue weighted by atomic mass is 19.1. The van der Waals surface area contributed by atoms with Crippen molar-refractivity contribution >= 4 is 5.97 Å². The van der Waals surface area contributed by atoms with Gasteiger partial charge >= 0.3 is 5.97 Å². The van der Waals surface area contributed by atoms with Crippen molar-refractivity contribution in [2.75, 3.05) is 6.61 Å². The molecule has 0 amide bonds. The number of nitrogens with zero attached hydrogens (tertiary/aromatic N) is 2. The van der Waals surface area contributed by atoms with E-state index in [-0.39, 0.29) is 17.7 Å². The molecule has 4 rings (SSSR count). The first-order chi connectivity index (χ1) is 16.4. The molecule has 0 spiro atoms. The van der Waals surface area contributed by atoms with Gasteiger partial charge in [0.25, 0.3) is 5.82 Å². The highest BCUT2D eigenvalue weighted by molar-refractivity contribution is 5.85. The minimum absolute atomic E-state index is 0.00435. The molecule has 4 aromatic rings. The Morgan fingerprint density at radius 3 is 2.06 bits per heavy atom. The number of hydrogen-bond acceptors (Lipinski definition) is 3. The summed E-state index contributed by atoms with van der Waals surface area (Å²) in [6.45, 7) is 3.07. The summed E-state index contributed by atoms with van der Waals surface area (Å²) >= 11 is 0. The van der Waals surface area contributed by atoms with E-state index in [0.717, 1.165) is 30.1 Å². The lowest BCUT2D eigenvalue weighted by Crippen LogP contribution is -2.39. The second-order valence-electron chi connectivity index (χ2n) is 8.01. The first-order valence-electron chi connectivity index (χ1n) is 10.9. The third-order valence-corrected chi connectivity index (χ3v) is 5.84. The van der Waals surface area contributed by atoms with Gasteiger partial charge in [-0.15, -0.1) is 0 Å². The second kappa shape index (κ2) is 9.97. The molecule has 174 valence electrons. The van der Waals surface area contributed by atoms with Crippen molar-refractivity contribution in [3.63, 3.8) is 0 Å². The van der Waals surface area contributed by atoms with Crippen LogP contribution in [0.5, 0.6) is 0 Å². The number of hydrogen-bond donors (Lipinski definition) is 1. The summed E-state index contributed by atoms with van der Waals surface area (Å²) in [6.07, 6.45) is 3.86. The van der Waals surface area contributed by atoms with Crippen molar-refractivity contribution in [1.82, 2.24) is 4.57 Å². The van der Waals surface area contributed by atoms with Crippen LogP contribution >= 0.6 is 0 Å². The van der Waals surface area contributed by atoms with Crippen molar-refractivity contribution < 1.29 is 28.0 Å². The molecule has 7 heteroatoms. The molecule has 0 radical (unpaired) electrons. The number of carbonyl (C=O) groups excluding carboxylic acids is 1. The zero-order chi connectivity index (χ0) is 24.1. The standard InChI is InChI=1S/C27H25F2N2O3/c1-20-30(15-16-31(20)19-21-5-3-2-4-6-21)17-18-34-26(32)27(33,22-7-11-24(28)12-8-22)23-9-13-25(29)14-10-23/h2-16,33H,17-19H2,1H3/q+1. The van der Waals surface area contributed by atoms with E-state index >= 15 is 0 Å². The zero-order valence-corrected chi connectivity index (χ0v) is 18.7. The molecule has 0 saturated heterocycles. The largest absolute Gasteiger partial charge is 0.459 e. The number of halogens is 2. The van der Waals surface area contributed by atoms with Crippen LogP contribution in [0, 0.1) is 18.6 Å². The maximum absolute atomic E-state index is 13.4. The van der Waals surface area contributed by atoms with E-state index in [1.54, 1.807) is 0 Å². The van der Waals surface area contributed by atoms with Gasteiger partial charge < -0.3 is 9.84 Å². The zero-order valence-electron chi connectivity index (χ0n) is 18.7. The van der Waals surface area contributed by atoms with E-state index in [1.807, 2.05) is 42.1 Å². The van der Waals surface area contributed by atoms with Crippen LogP contribution in [0.3, 0.4) is 0 Å². The molecular formula is C27H25F2N2O3+. The summed E-state index contributed by atoms with van der Waals surface area (Å²) < 4.78 is 36.4. The van der Waals surface area contributed by atoms with Crippen LogP contribution in [-0.4, -0.2) is 22.2 Å². The lowest BCUT2D eigenvalue weighted by molar-refractivity contribution is -0.694. The molecule has 0 aliphatic rings. The Kier molecular flexibility index (Phi) is 6.84. The first kappa shape index (κ1) is 23.3. The van der Waals surface area contributed by atoms with Crippen LogP contribution in [0.1, 0.15) is 22.5 Å². The number of aromatic nitrogens is 2. The van der Waals surface area contributed by atoms with Gasteiger partial charge in [0, 0.05) is 6.92 Å². The Balaban J connectivity index is 1.48. The predicted molar refractivity (Wildman–Crippen MR) is 122 cm³/mol. The van der Waals surface area contributed by atoms with Crippen LogP contribution in [0.2, 0.25) is 0 Å². The number of benzene rings is 3. The number of rotatable bonds is 8. The number of carbonyl (C=O) groups is 1. The van der Waals surface area contributed by atoms with E-state index in [2.05, 4.69) is 16.7 Å². The molecule has 1 N–H and O–H groups in total. The maximum atomic E-state index is 13.4. The average molecular weight is 464 g/mol. The number of aliphatic hydroxyl groups is 1. The van der Waals surface area contributed by atoms with Crippen LogP contribution in [-0.2, 0) is 28.2 Å². The molecule has 0 fully saturated rings. The summed E-state index contributed by atoms with van der Waals surface area (Å²) in [5.41, 5.74) is -0.782. The molecule has 0 saturated carbocycles. The Morgan fingerprint density at radius 2 is 1.50 bits per heavy atom. The number of esters is 1. The molecular weight excluding hydrogens is 438 g/mol. The van der Waals surface area contributed by atoms with Crippen molar-refractivity contribution in [3.05, 3.63) is 125 Å². The van der Waals surface area contributed by atoms with Gasteiger partial charge in [0.15, 0.2) is 0 Å². The number of imidazole rings is 1. The Bertz CT molecular complexity index is 1210. The average Bonchev–Trinajstić information content (AvgIpc) is 3.19. The summed E-state index contributed by atoms with van der Waals surface area (Å²) in [5, 5.41) is 11.4. The van der Waals surface area contributed by atoms with Gasteiger partial charge in [-0.05, 0) is 41.0 Å². The normalized spacial score (nSPS) is 11.4. The molecule has 3 aromatic carbocycles. The third kappa shape index (κ3) is 4.89. The van der Waals surface area contributed by atoms with Crippen molar-refractivity contribution in [3.8, 4) is 0 Å². The first-order valence-corrected chi connectivity index (χ1v) is 10.9. The molecule has 0 atom stereocenters. The summed E-state index contributed by atoms with van der Waals surface area (Å²) in [5.74, 6) is -0.962. The van der Waals surface area contributed by atoms with E-state index in [4.69, 9.17) is 4.74 Å². The quantitative estimate of drug-likeness (QED) is 0.319. The van der Waals surface area contributed by atoms with Gasteiger partial charge in [-0.25, -0.2) is 22.7 Å². The second-order valence-corrected chi connectivity index (χ2v) is 8.01. The lowest BCUT2D eigenvalue weighted by atomic mass is 9.86. The molecule has 0 bridgehead atoms. The third-order valence-electron chi connectivity index (χ3n) is 5.84. The van der Waals surface area contributed by atoms with Gasteiger partial charge in [0.05, 0.1) is 0 Å². The van der Waals surface area contributed by atoms with Gasteiger partial charge in [-0.1, -0.05) is 54.6 Å². The summed E-state index contributed by atoms with van der Waals surface area (Å²) in [6, 6.07) is 19.9. The monoisotopic (exact) mass is 463 g/mol. The minimum atomic E-state index is -2.21. The summed E-state index contributed by atoms with van der Waals surface area (Å²) in [4.78, 5) is 13.1. The van der Waals surface area contributed by atoms with E-state index in [9.17, 15) is 18.7 Å². The smallest absolute Gasteiger partial charge is 0.347 e. The Labute approximate surface area is 196 Å². The molecule has 1 heterocycles. The van der Waals surface area contributed by atoms with Crippen molar-refractivity contribution in [2.45, 2.75) is 25.6 Å². The molecule has 0 aliphatic heterocycles. The van der Waals surface area contributed by atoms with E-state index in [1.165, 1.54) is 29.8 Å². The minimum Gasteiger partial charge on any atom is -0.459 e. The molecule has 0 aliphatic carbocycles. The SMILES string of the molecule is Cc1n(CCOC(=O)C(O)(c2ccc(F)cc2)c2ccc(F)cc2)cc[n+]1Cc1ccccc1. The summed E-state index contributed by atoms with van der Waals surface area (Å²) in [7, 11) is 0. The fourth-order valence-corrected chi connectivity index (χ4v) is 3.85. The lowest BCUT2D eigenvalue weighted by Gasteiger charge is -2.27. The van der Waals surface area contributed by atoms with Gasteiger partial charge in [-0.2, -0.15) is 0 Å². The molecule has 5 nitrogen and oxygen atoms in total. The van der Waals surface area contributed by atoms with Gasteiger partial charge in [0.1, 0.15) is 43.7 Å². The molecule has 34 heavy (non-hydrogen) atoms. The topological polar surface area (TPSA) is 55.3 Å². The van der Waals surface area contributed by atoms with Crippen LogP contribution in [0.25, 0.3) is 0 Å². The van der Waals surface area contributed by atoms with Crippen molar-refractivity contribution in [1.29, 1.82) is 0 Å².